The minimum absolute atomic E-state index is 0.0214. The van der Waals surface area contributed by atoms with Gasteiger partial charge in [0.1, 0.15) is 11.4 Å². The Bertz CT molecular complexity index is 1240. The maximum atomic E-state index is 14.7. The molecule has 0 radical (unpaired) electrons. The van der Waals surface area contributed by atoms with Gasteiger partial charge in [0.2, 0.25) is 0 Å². The first kappa shape index (κ1) is 25.7. The minimum atomic E-state index is -3.02. The van der Waals surface area contributed by atoms with E-state index >= 15 is 0 Å². The van der Waals surface area contributed by atoms with Crippen LogP contribution in [0.3, 0.4) is 0 Å². The maximum absolute atomic E-state index is 14.7. The highest BCUT2D eigenvalue weighted by molar-refractivity contribution is 5.99. The molecule has 3 saturated heterocycles. The minimum Gasteiger partial charge on any atom is -0.380 e. The summed E-state index contributed by atoms with van der Waals surface area (Å²) in [6.45, 7) is 4.15. The first-order valence-corrected chi connectivity index (χ1v) is 12.5. The monoisotopic (exact) mass is 524 g/mol. The van der Waals surface area contributed by atoms with Gasteiger partial charge < -0.3 is 20.1 Å². The van der Waals surface area contributed by atoms with Crippen LogP contribution in [-0.2, 0) is 5.54 Å². The molecule has 2 atom stereocenters. The molecular weight excluding hydrogens is 495 g/mol. The summed E-state index contributed by atoms with van der Waals surface area (Å²) in [7, 11) is 0. The summed E-state index contributed by atoms with van der Waals surface area (Å²) in [5, 5.41) is 5.90. The van der Waals surface area contributed by atoms with Crippen LogP contribution in [0, 0.1) is 11.7 Å². The van der Waals surface area contributed by atoms with E-state index in [0.717, 1.165) is 49.3 Å². The number of fused-ring (bicyclic) bond motifs is 3. The van der Waals surface area contributed by atoms with Gasteiger partial charge in [-0.05, 0) is 51.6 Å². The van der Waals surface area contributed by atoms with Crippen LogP contribution >= 0.6 is 0 Å². The third kappa shape index (κ3) is 4.73. The second-order valence-corrected chi connectivity index (χ2v) is 10.3. The lowest BCUT2D eigenvalue weighted by molar-refractivity contribution is 0.0648. The molecular formula is C26H29F5N4O2. The highest BCUT2D eigenvalue weighted by Gasteiger charge is 2.53. The second kappa shape index (κ2) is 9.74. The topological polar surface area (TPSA) is 66.4 Å². The van der Waals surface area contributed by atoms with Crippen molar-refractivity contribution in [2.24, 2.45) is 5.92 Å². The largest absolute Gasteiger partial charge is 0.380 e. The molecule has 3 aliphatic heterocycles. The van der Waals surface area contributed by atoms with Crippen LogP contribution in [0.1, 0.15) is 66.6 Å². The number of aromatic nitrogens is 1. The third-order valence-electron chi connectivity index (χ3n) is 8.05. The van der Waals surface area contributed by atoms with E-state index < -0.39 is 47.3 Å². The van der Waals surface area contributed by atoms with E-state index in [9.17, 15) is 31.5 Å². The molecule has 2 bridgehead atoms. The van der Waals surface area contributed by atoms with Crippen molar-refractivity contribution in [2.75, 3.05) is 25.0 Å². The fourth-order valence-electron chi connectivity index (χ4n) is 5.63. The molecule has 6 rings (SSSR count). The number of rotatable bonds is 8. The summed E-state index contributed by atoms with van der Waals surface area (Å²) >= 11 is 0. The highest BCUT2D eigenvalue weighted by Crippen LogP contribution is 2.48. The molecule has 0 unspecified atom stereocenters. The van der Waals surface area contributed by atoms with E-state index in [0.29, 0.717) is 5.92 Å². The van der Waals surface area contributed by atoms with E-state index in [1.807, 2.05) is 0 Å². The zero-order chi connectivity index (χ0) is 26.5. The standard InChI is InChI=1S/C26H29F5N4O2/c1-14(16-3-2-4-17(22(16)27)23(28)29)32-24(37)18-12-35(26(7-8-26)25(30)31)21(36)11-19(18)33-20-13-34-9-5-15(20)6-10-34/h2-4,11-12,14-15,20,23,25,33H,5-10,13H2,1H3,(H,32,37)/t14-,20+/m1/s1. The lowest BCUT2D eigenvalue weighted by atomic mass is 9.84. The van der Waals surface area contributed by atoms with Crippen molar-refractivity contribution in [1.29, 1.82) is 0 Å². The maximum Gasteiger partial charge on any atom is 0.266 e. The Labute approximate surface area is 210 Å². The second-order valence-electron chi connectivity index (χ2n) is 10.3. The van der Waals surface area contributed by atoms with Crippen molar-refractivity contribution in [3.63, 3.8) is 0 Å². The SMILES string of the molecule is C[C@@H](NC(=O)c1cn(C2(C(F)F)CC2)c(=O)cc1N[C@H]1CN2CCC1CC2)c1cccc(C(F)F)c1F. The fraction of sp³-hybridized carbons (Fsp3) is 0.538. The lowest BCUT2D eigenvalue weighted by Gasteiger charge is -2.45. The first-order valence-electron chi connectivity index (χ1n) is 12.5. The Morgan fingerprint density at radius 2 is 1.78 bits per heavy atom. The summed E-state index contributed by atoms with van der Waals surface area (Å²) in [5.74, 6) is -1.49. The number of piperidine rings is 3. The van der Waals surface area contributed by atoms with Crippen LogP contribution in [0.4, 0.5) is 27.6 Å². The number of alkyl halides is 4. The van der Waals surface area contributed by atoms with Gasteiger partial charge in [-0.3, -0.25) is 9.59 Å². The number of carbonyl (C=O) groups excluding carboxylic acids is 1. The lowest BCUT2D eigenvalue weighted by Crippen LogP contribution is -2.53. The van der Waals surface area contributed by atoms with Gasteiger partial charge in [-0.2, -0.15) is 0 Å². The summed E-state index contributed by atoms with van der Waals surface area (Å²) < 4.78 is 69.6. The molecule has 6 nitrogen and oxygen atoms in total. The van der Waals surface area contributed by atoms with Gasteiger partial charge in [-0.1, -0.05) is 18.2 Å². The van der Waals surface area contributed by atoms with Crippen LogP contribution in [-0.4, -0.2) is 47.5 Å². The predicted octanol–water partition coefficient (Wildman–Crippen LogP) is 4.68. The molecule has 37 heavy (non-hydrogen) atoms. The highest BCUT2D eigenvalue weighted by atomic mass is 19.3. The van der Waals surface area contributed by atoms with E-state index in [4.69, 9.17) is 0 Å². The fourth-order valence-corrected chi connectivity index (χ4v) is 5.63. The number of nitrogens with zero attached hydrogens (tertiary/aromatic N) is 2. The number of halogens is 5. The number of anilines is 1. The number of carbonyl (C=O) groups is 1. The molecule has 1 aromatic heterocycles. The number of amides is 1. The van der Waals surface area contributed by atoms with Gasteiger partial charge in [0, 0.05) is 30.4 Å². The molecule has 1 aromatic carbocycles. The van der Waals surface area contributed by atoms with Gasteiger partial charge in [-0.25, -0.2) is 22.0 Å². The van der Waals surface area contributed by atoms with Crippen molar-refractivity contribution in [1.82, 2.24) is 14.8 Å². The van der Waals surface area contributed by atoms with Gasteiger partial charge >= 0.3 is 0 Å². The average Bonchev–Trinajstić information content (AvgIpc) is 3.67. The predicted molar refractivity (Wildman–Crippen MR) is 128 cm³/mol. The van der Waals surface area contributed by atoms with Crippen LogP contribution in [0.5, 0.6) is 0 Å². The number of benzene rings is 1. The third-order valence-corrected chi connectivity index (χ3v) is 8.05. The van der Waals surface area contributed by atoms with Crippen LogP contribution in [0.15, 0.2) is 35.3 Å². The zero-order valence-corrected chi connectivity index (χ0v) is 20.3. The molecule has 4 aliphatic rings. The van der Waals surface area contributed by atoms with Gasteiger partial charge in [0.25, 0.3) is 24.3 Å². The van der Waals surface area contributed by atoms with Crippen LogP contribution in [0.2, 0.25) is 0 Å². The Balaban J connectivity index is 1.48. The molecule has 4 fully saturated rings. The van der Waals surface area contributed by atoms with Crippen molar-refractivity contribution in [3.05, 3.63) is 63.3 Å². The molecule has 11 heteroatoms. The van der Waals surface area contributed by atoms with E-state index in [1.165, 1.54) is 25.1 Å². The van der Waals surface area contributed by atoms with Crippen molar-refractivity contribution < 1.29 is 26.7 Å². The van der Waals surface area contributed by atoms with Crippen LogP contribution in [0.25, 0.3) is 0 Å². The van der Waals surface area contributed by atoms with Crippen molar-refractivity contribution >= 4 is 11.6 Å². The van der Waals surface area contributed by atoms with Gasteiger partial charge in [-0.15, -0.1) is 0 Å². The summed E-state index contributed by atoms with van der Waals surface area (Å²) in [6, 6.07) is 3.71. The molecule has 1 saturated carbocycles. The Kier molecular flexibility index (Phi) is 6.76. The van der Waals surface area contributed by atoms with Crippen LogP contribution < -0.4 is 16.2 Å². The normalized spacial score (nSPS) is 24.8. The number of hydrogen-bond donors (Lipinski definition) is 2. The molecule has 2 aromatic rings. The molecule has 200 valence electrons. The van der Waals surface area contributed by atoms with E-state index in [1.54, 1.807) is 0 Å². The summed E-state index contributed by atoms with van der Waals surface area (Å²) in [4.78, 5) is 28.6. The van der Waals surface area contributed by atoms with Crippen molar-refractivity contribution in [2.45, 2.75) is 63.1 Å². The molecule has 1 amide bonds. The Hall–Kier alpha value is -2.95. The average molecular weight is 525 g/mol. The number of hydrogen-bond acceptors (Lipinski definition) is 4. The molecule has 2 N–H and O–H groups in total. The summed E-state index contributed by atoms with van der Waals surface area (Å²) in [5.41, 5.74) is -3.00. The zero-order valence-electron chi connectivity index (χ0n) is 20.3. The molecule has 1 aliphatic carbocycles. The quantitative estimate of drug-likeness (QED) is 0.493. The first-order chi connectivity index (χ1) is 17.6. The molecule has 0 spiro atoms. The van der Waals surface area contributed by atoms with Crippen molar-refractivity contribution in [3.8, 4) is 0 Å². The van der Waals surface area contributed by atoms with E-state index in [2.05, 4.69) is 15.5 Å². The van der Waals surface area contributed by atoms with Gasteiger partial charge in [0.05, 0.1) is 22.9 Å². The van der Waals surface area contributed by atoms with E-state index in [-0.39, 0.29) is 35.7 Å². The Morgan fingerprint density at radius 3 is 2.35 bits per heavy atom. The number of nitrogens with one attached hydrogen (secondary N) is 2. The van der Waals surface area contributed by atoms with Gasteiger partial charge in [0.15, 0.2) is 0 Å². The smallest absolute Gasteiger partial charge is 0.266 e. The summed E-state index contributed by atoms with van der Waals surface area (Å²) in [6.07, 6.45) is -2.48. The Morgan fingerprint density at radius 1 is 1.11 bits per heavy atom. The number of pyridine rings is 1. The molecule has 4 heterocycles.